The summed E-state index contributed by atoms with van der Waals surface area (Å²) in [6.45, 7) is 18.6. The van der Waals surface area contributed by atoms with Gasteiger partial charge in [-0.3, -0.25) is 14.4 Å². The van der Waals surface area contributed by atoms with Crippen molar-refractivity contribution in [2.75, 3.05) is 58.4 Å². The number of aromatic nitrogens is 1. The summed E-state index contributed by atoms with van der Waals surface area (Å²) in [5.41, 5.74) is -3.90. The van der Waals surface area contributed by atoms with E-state index in [2.05, 4.69) is 15.8 Å². The molecule has 2 aromatic rings. The number of carbonyl (C=O) groups excluding carboxylic acids is 3. The van der Waals surface area contributed by atoms with E-state index in [1.165, 1.54) is 25.1 Å². The number of rotatable bonds is 20. The Hall–Kier alpha value is -4.34. The Kier molecular flexibility index (Phi) is 22.0. The number of halogens is 1. The monoisotopic (exact) mass is 1210 g/mol. The average molecular weight is 1210 g/mol. The molecule has 4 aliphatic heterocycles. The van der Waals surface area contributed by atoms with Crippen molar-refractivity contribution in [1.82, 2.24) is 14.8 Å². The van der Waals surface area contributed by atoms with Crippen LogP contribution in [0.2, 0.25) is 5.02 Å². The van der Waals surface area contributed by atoms with E-state index >= 15 is 0 Å². The number of thioether (sulfide) groups is 1. The number of oxime groups is 1. The number of carboxylic acids is 1. The first-order chi connectivity index (χ1) is 39.1. The molecule has 7 rings (SSSR count). The van der Waals surface area contributed by atoms with Crippen LogP contribution in [0.1, 0.15) is 131 Å². The molecule has 0 bridgehead atoms. The lowest BCUT2D eigenvalue weighted by molar-refractivity contribution is -0.318. The fourth-order valence-electron chi connectivity index (χ4n) is 12.7. The van der Waals surface area contributed by atoms with Crippen molar-refractivity contribution >= 4 is 69.7 Å². The largest absolute Gasteiger partial charge is 0.509 e. The van der Waals surface area contributed by atoms with Crippen LogP contribution in [-0.4, -0.2) is 192 Å². The number of ether oxygens (including phenoxy) is 9. The molecule has 466 valence electrons. The Balaban J connectivity index is 1.10. The Bertz CT molecular complexity index is 2710. The molecule has 5 fully saturated rings. The van der Waals surface area contributed by atoms with Crippen molar-refractivity contribution in [1.29, 1.82) is 0 Å². The molecule has 1 aliphatic carbocycles. The zero-order chi connectivity index (χ0) is 61.0. The number of anilines is 1. The van der Waals surface area contributed by atoms with Crippen molar-refractivity contribution in [3.05, 3.63) is 39.1 Å². The predicted molar refractivity (Wildman–Crippen MR) is 310 cm³/mol. The molecule has 0 amide bonds. The van der Waals surface area contributed by atoms with Crippen molar-refractivity contribution in [3.8, 4) is 0 Å². The lowest BCUT2D eigenvalue weighted by Gasteiger charge is -2.49. The summed E-state index contributed by atoms with van der Waals surface area (Å²) >= 11 is 8.06. The molecule has 83 heavy (non-hydrogen) atoms. The van der Waals surface area contributed by atoms with Crippen LogP contribution in [0.15, 0.2) is 28.3 Å². The summed E-state index contributed by atoms with van der Waals surface area (Å²) in [6.07, 6.45) is -5.22. The number of hydrogen-bond acceptors (Lipinski definition) is 22. The highest BCUT2D eigenvalue weighted by atomic mass is 35.5. The number of esters is 2. The molecule has 1 aromatic heterocycles. The number of pyridine rings is 1. The number of methoxy groups -OCH3 is 1. The van der Waals surface area contributed by atoms with Crippen LogP contribution in [0.5, 0.6) is 0 Å². The average Bonchev–Trinajstić information content (AvgIpc) is 3.10. The van der Waals surface area contributed by atoms with E-state index in [9.17, 15) is 39.3 Å². The summed E-state index contributed by atoms with van der Waals surface area (Å²) < 4.78 is 59.0. The van der Waals surface area contributed by atoms with Gasteiger partial charge in [0.1, 0.15) is 23.4 Å². The minimum atomic E-state index is -1.79. The Morgan fingerprint density at radius 2 is 1.67 bits per heavy atom. The van der Waals surface area contributed by atoms with Gasteiger partial charge in [0.25, 0.3) is 0 Å². The van der Waals surface area contributed by atoms with Crippen molar-refractivity contribution in [2.24, 2.45) is 28.8 Å². The summed E-state index contributed by atoms with van der Waals surface area (Å²) in [6, 6.07) is 2.99. The first-order valence-corrected chi connectivity index (χ1v) is 30.6. The van der Waals surface area contributed by atoms with Crippen LogP contribution in [-0.2, 0) is 57.1 Å². The smallest absolute Gasteiger partial charge is 0.477 e. The Morgan fingerprint density at radius 3 is 2.31 bits per heavy atom. The number of likely N-dealkylation sites (N-methyl/N-ethyl adjacent to an activating group) is 1. The van der Waals surface area contributed by atoms with Crippen LogP contribution in [0.4, 0.5) is 10.5 Å². The molecular weight excluding hydrogens is 1120 g/mol. The predicted octanol–water partition coefficient (Wildman–Crippen LogP) is 6.74. The molecule has 0 spiro atoms. The molecule has 1 unspecified atom stereocenters. The van der Waals surface area contributed by atoms with Gasteiger partial charge in [-0.15, -0.1) is 11.8 Å². The summed E-state index contributed by atoms with van der Waals surface area (Å²) in [5, 5.41) is 46.3. The standard InChI is InChI=1S/C58H88ClN5O18S/c1-15-42-58(10)50(81-55(71)82-58)31(4)45(62-74-28-83-14)29(2)25-56(8,72)49(80-54-47(67)41(63(11)12)22-30(3)75-54)32(5)48(33(6)53(70)77-42)79-44-26-57(9,73-13)51(34(7)76-44)78-43(65)18-19-60-20-21-61-39-23-36-40(24-38(39)59)64(35-16-17-35)27-37(46(36)66)52(68)69/h23-24,27,29-35,41-42,44,47-51,54,60-61,67,72H,15-22,25-26,28H2,1-14H3,(H,68,69)/b62-45+/t29-,30-,31+,32+,33-,34+,41+,42-,44+,47-,48?,49-,50-,51+,54+,56-,57-,58-/m1/s1. The summed E-state index contributed by atoms with van der Waals surface area (Å²) in [4.78, 5) is 74.4. The van der Waals surface area contributed by atoms with Crippen LogP contribution in [0.25, 0.3) is 10.9 Å². The zero-order valence-electron chi connectivity index (χ0n) is 50.3. The normalized spacial score (nSPS) is 36.8. The minimum Gasteiger partial charge on any atom is -0.477 e. The zero-order valence-corrected chi connectivity index (χ0v) is 51.9. The number of nitrogens with one attached hydrogen (secondary N) is 2. The lowest BCUT2D eigenvalue weighted by atomic mass is 9.73. The molecule has 18 atom stereocenters. The Morgan fingerprint density at radius 1 is 0.964 bits per heavy atom. The highest BCUT2D eigenvalue weighted by molar-refractivity contribution is 7.98. The fourth-order valence-corrected chi connectivity index (χ4v) is 13.1. The molecule has 4 saturated heterocycles. The van der Waals surface area contributed by atoms with E-state index < -0.39 is 125 Å². The topological polar surface area (TPSA) is 283 Å². The molecular formula is C58H88ClN5O18S. The van der Waals surface area contributed by atoms with Gasteiger partial charge < -0.3 is 82.9 Å². The number of carbonyl (C=O) groups is 4. The number of benzene rings is 1. The maximum atomic E-state index is 14.9. The number of cyclic esters (lactones) is 1. The number of aliphatic hydroxyl groups excluding tert-OH is 1. The summed E-state index contributed by atoms with van der Waals surface area (Å²) in [5.74, 6) is -5.59. The third kappa shape index (κ3) is 14.9. The van der Waals surface area contributed by atoms with Crippen LogP contribution >= 0.6 is 23.4 Å². The highest BCUT2D eigenvalue weighted by Crippen LogP contribution is 2.45. The number of nitrogens with zero attached hydrogens (tertiary/aromatic N) is 3. The van der Waals surface area contributed by atoms with E-state index in [4.69, 9.17) is 59.1 Å². The molecule has 0 radical (unpaired) electrons. The van der Waals surface area contributed by atoms with Gasteiger partial charge in [-0.05, 0) is 106 Å². The minimum absolute atomic E-state index is 0.00782. The third-order valence-electron chi connectivity index (χ3n) is 17.3. The lowest BCUT2D eigenvalue weighted by Crippen LogP contribution is -2.61. The second-order valence-corrected chi connectivity index (χ2v) is 25.3. The molecule has 1 aromatic carbocycles. The van der Waals surface area contributed by atoms with Crippen molar-refractivity contribution in [2.45, 2.75) is 204 Å². The van der Waals surface area contributed by atoms with Crippen molar-refractivity contribution in [3.63, 3.8) is 0 Å². The molecule has 5 N–H and O–H groups in total. The van der Waals surface area contributed by atoms with E-state index in [0.29, 0.717) is 41.4 Å². The number of aliphatic hydroxyl groups is 2. The van der Waals surface area contributed by atoms with Gasteiger partial charge in [0.05, 0.1) is 64.3 Å². The molecule has 25 heteroatoms. The van der Waals surface area contributed by atoms with Gasteiger partial charge >= 0.3 is 24.1 Å². The second-order valence-electron chi connectivity index (χ2n) is 24.1. The number of carboxylic acid groups (broad SMARTS) is 1. The number of hydrogen-bond donors (Lipinski definition) is 5. The van der Waals surface area contributed by atoms with Gasteiger partial charge in [0.2, 0.25) is 5.43 Å². The molecule has 23 nitrogen and oxygen atoms in total. The van der Waals surface area contributed by atoms with Crippen LogP contribution in [0, 0.1) is 23.7 Å². The fraction of sp³-hybridized carbons (Fsp3) is 0.759. The van der Waals surface area contributed by atoms with E-state index in [0.717, 1.165) is 12.8 Å². The number of aromatic carboxylic acids is 1. The Labute approximate surface area is 495 Å². The maximum absolute atomic E-state index is 14.9. The van der Waals surface area contributed by atoms with Crippen LogP contribution in [0.3, 0.4) is 0 Å². The first-order valence-electron chi connectivity index (χ1n) is 28.9. The highest BCUT2D eigenvalue weighted by Gasteiger charge is 2.59. The molecule has 1 saturated carbocycles. The van der Waals surface area contributed by atoms with Gasteiger partial charge in [-0.1, -0.05) is 44.5 Å². The van der Waals surface area contributed by atoms with Gasteiger partial charge in [0, 0.05) is 74.6 Å². The van der Waals surface area contributed by atoms with Crippen LogP contribution < -0.4 is 16.1 Å². The maximum Gasteiger partial charge on any atom is 0.509 e. The summed E-state index contributed by atoms with van der Waals surface area (Å²) in [7, 11) is 5.21. The van der Waals surface area contributed by atoms with E-state index in [1.54, 1.807) is 53.7 Å². The van der Waals surface area contributed by atoms with E-state index in [1.807, 2.05) is 57.5 Å². The molecule has 5 aliphatic rings. The third-order valence-corrected chi connectivity index (χ3v) is 17.9. The molecule has 5 heterocycles. The van der Waals surface area contributed by atoms with E-state index in [-0.39, 0.29) is 67.3 Å². The SMILES string of the molecule is CC[C@H]1OC(=O)[C@H](C)C(O[C@H]2C[C@@](C)(OC)[C@@H](OC(=O)CCNCCNc3cc4c(=O)c(C(=O)O)cn(C5CC5)c4cc3Cl)[C@H](C)O2)[C@H](C)[C@@H](O[C@@H]2O[C@H](C)C[C@H](N(C)C)[C@H]2O)[C@](C)(O)C[C@@H](C)/C(=N\OCSC)[C@H](C)[C@H]2OC(=O)O[C@@]21C. The second kappa shape index (κ2) is 27.6. The van der Waals surface area contributed by atoms with Gasteiger partial charge in [-0.25, -0.2) is 9.59 Å². The van der Waals surface area contributed by atoms with Gasteiger partial charge in [0.15, 0.2) is 36.3 Å². The first kappa shape index (κ1) is 66.2. The quantitative estimate of drug-likeness (QED) is 0.0302. The number of fused-ring (bicyclic) bond motifs is 2. The van der Waals surface area contributed by atoms with Crippen molar-refractivity contribution < 1.29 is 82.0 Å². The van der Waals surface area contributed by atoms with Gasteiger partial charge in [-0.2, -0.15) is 0 Å².